The first-order valence-corrected chi connectivity index (χ1v) is 4.02. The zero-order chi connectivity index (χ0) is 7.98. The maximum absolute atomic E-state index is 4.80. The average molecular weight is 173 g/mol. The molecule has 1 rings (SSSR count). The highest BCUT2D eigenvalue weighted by molar-refractivity contribution is 7.80. The zero-order valence-corrected chi connectivity index (χ0v) is 7.80. The van der Waals surface area contributed by atoms with Crippen LogP contribution in [0.1, 0.15) is 13.8 Å². The molecule has 1 heterocycles. The minimum Gasteiger partial charge on any atom is -0.353 e. The molecule has 0 radical (unpaired) electrons. The van der Waals surface area contributed by atoms with Crippen molar-refractivity contribution in [3.05, 3.63) is 23.0 Å². The molecule has 0 aliphatic carbocycles. The van der Waals surface area contributed by atoms with Crippen molar-refractivity contribution in [3.8, 4) is 0 Å². The van der Waals surface area contributed by atoms with Crippen LogP contribution in [-0.4, -0.2) is 4.98 Å². The highest BCUT2D eigenvalue weighted by Crippen LogP contribution is 2.01. The van der Waals surface area contributed by atoms with Gasteiger partial charge in [0.15, 0.2) is 0 Å². The third-order valence-electron chi connectivity index (χ3n) is 0.759. The predicted octanol–water partition coefficient (Wildman–Crippen LogP) is 3.06. The van der Waals surface area contributed by atoms with Crippen LogP contribution in [0, 0.1) is 4.64 Å². The SMILES string of the molecule is CC.S=c1cc(S)cc[nH]1. The molecule has 0 aliphatic heterocycles. The molecule has 0 aromatic carbocycles. The lowest BCUT2D eigenvalue weighted by Crippen LogP contribution is -1.69. The molecule has 1 aromatic heterocycles. The number of hydrogen-bond acceptors (Lipinski definition) is 2. The Morgan fingerprint density at radius 1 is 1.50 bits per heavy atom. The summed E-state index contributed by atoms with van der Waals surface area (Å²) in [4.78, 5) is 3.74. The van der Waals surface area contributed by atoms with Crippen molar-refractivity contribution in [2.75, 3.05) is 0 Å². The van der Waals surface area contributed by atoms with Crippen LogP contribution >= 0.6 is 24.8 Å². The summed E-state index contributed by atoms with van der Waals surface area (Å²) in [5, 5.41) is 0. The number of aromatic amines is 1. The Labute approximate surface area is 71.9 Å². The Bertz CT molecular complexity index is 229. The third-order valence-corrected chi connectivity index (χ3v) is 1.27. The van der Waals surface area contributed by atoms with Crippen LogP contribution in [0.25, 0.3) is 0 Å². The summed E-state index contributed by atoms with van der Waals surface area (Å²) in [5.74, 6) is 0. The predicted molar refractivity (Wildman–Crippen MR) is 50.2 cm³/mol. The van der Waals surface area contributed by atoms with E-state index in [2.05, 4.69) is 17.6 Å². The fourth-order valence-corrected chi connectivity index (χ4v) is 0.919. The van der Waals surface area contributed by atoms with Gasteiger partial charge in [0.1, 0.15) is 4.64 Å². The van der Waals surface area contributed by atoms with Gasteiger partial charge < -0.3 is 4.98 Å². The van der Waals surface area contributed by atoms with E-state index in [9.17, 15) is 0 Å². The number of pyridine rings is 1. The summed E-state index contributed by atoms with van der Waals surface area (Å²) in [5.41, 5.74) is 0. The maximum atomic E-state index is 4.80. The van der Waals surface area contributed by atoms with E-state index in [0.29, 0.717) is 0 Å². The smallest absolute Gasteiger partial charge is 0.104 e. The maximum Gasteiger partial charge on any atom is 0.104 e. The number of rotatable bonds is 0. The lowest BCUT2D eigenvalue weighted by atomic mass is 10.5. The van der Waals surface area contributed by atoms with Crippen molar-refractivity contribution < 1.29 is 0 Å². The van der Waals surface area contributed by atoms with Gasteiger partial charge in [-0.3, -0.25) is 0 Å². The molecule has 0 amide bonds. The molecular weight excluding hydrogens is 162 g/mol. The van der Waals surface area contributed by atoms with Gasteiger partial charge in [0.25, 0.3) is 0 Å². The number of H-pyrrole nitrogens is 1. The Hall–Kier alpha value is -0.280. The molecule has 1 nitrogen and oxygen atoms in total. The highest BCUT2D eigenvalue weighted by Gasteiger charge is 1.78. The van der Waals surface area contributed by atoms with E-state index in [1.807, 2.05) is 19.9 Å². The summed E-state index contributed by atoms with van der Waals surface area (Å²) in [6.45, 7) is 4.00. The molecule has 0 saturated heterocycles. The monoisotopic (exact) mass is 173 g/mol. The second kappa shape index (κ2) is 5.50. The number of aromatic nitrogens is 1. The summed E-state index contributed by atoms with van der Waals surface area (Å²) >= 11 is 8.86. The van der Waals surface area contributed by atoms with E-state index in [4.69, 9.17) is 12.2 Å². The molecule has 10 heavy (non-hydrogen) atoms. The molecule has 1 N–H and O–H groups in total. The third kappa shape index (κ3) is 3.69. The molecule has 1 aromatic rings. The molecule has 0 fully saturated rings. The Morgan fingerprint density at radius 2 is 2.10 bits per heavy atom. The van der Waals surface area contributed by atoms with Crippen LogP contribution < -0.4 is 0 Å². The molecule has 3 heteroatoms. The van der Waals surface area contributed by atoms with Gasteiger partial charge in [-0.05, 0) is 12.1 Å². The topological polar surface area (TPSA) is 15.8 Å². The second-order valence-electron chi connectivity index (χ2n) is 1.41. The Morgan fingerprint density at radius 3 is 2.40 bits per heavy atom. The first-order chi connectivity index (χ1) is 4.79. The van der Waals surface area contributed by atoms with Crippen LogP contribution in [0.4, 0.5) is 0 Å². The van der Waals surface area contributed by atoms with Crippen molar-refractivity contribution in [2.24, 2.45) is 0 Å². The van der Waals surface area contributed by atoms with Crippen LogP contribution in [0.5, 0.6) is 0 Å². The lowest BCUT2D eigenvalue weighted by molar-refractivity contribution is 1.24. The van der Waals surface area contributed by atoms with Crippen LogP contribution in [0.2, 0.25) is 0 Å². The minimum atomic E-state index is 0.720. The first-order valence-electron chi connectivity index (χ1n) is 3.17. The normalized spacial score (nSPS) is 7.90. The molecule has 56 valence electrons. The van der Waals surface area contributed by atoms with E-state index < -0.39 is 0 Å². The van der Waals surface area contributed by atoms with E-state index in [1.54, 1.807) is 12.3 Å². The number of nitrogens with one attached hydrogen (secondary N) is 1. The Balaban J connectivity index is 0.000000371. The molecule has 0 spiro atoms. The van der Waals surface area contributed by atoms with E-state index in [0.717, 1.165) is 9.54 Å². The zero-order valence-electron chi connectivity index (χ0n) is 6.09. The molecule has 0 unspecified atom stereocenters. The van der Waals surface area contributed by atoms with Gasteiger partial charge in [0.05, 0.1) is 0 Å². The highest BCUT2D eigenvalue weighted by atomic mass is 32.1. The summed E-state index contributed by atoms with van der Waals surface area (Å²) in [7, 11) is 0. The standard InChI is InChI=1S/C5H5NS2.C2H6/c7-4-1-2-6-5(8)3-4;1-2/h1-3H,(H2,6,7,8);1-2H3. The quantitative estimate of drug-likeness (QED) is 0.455. The van der Waals surface area contributed by atoms with E-state index >= 15 is 0 Å². The van der Waals surface area contributed by atoms with Crippen LogP contribution in [0.15, 0.2) is 23.2 Å². The summed E-state index contributed by atoms with van der Waals surface area (Å²) in [6, 6.07) is 3.64. The molecular formula is C7H11NS2. The van der Waals surface area contributed by atoms with Crippen molar-refractivity contribution in [2.45, 2.75) is 18.7 Å². The Kier molecular flexibility index (Phi) is 5.35. The lowest BCUT2D eigenvalue weighted by Gasteiger charge is -1.85. The van der Waals surface area contributed by atoms with Gasteiger partial charge in [-0.25, -0.2) is 0 Å². The van der Waals surface area contributed by atoms with Gasteiger partial charge >= 0.3 is 0 Å². The number of hydrogen-bond donors (Lipinski definition) is 2. The van der Waals surface area contributed by atoms with Gasteiger partial charge in [-0.2, -0.15) is 0 Å². The van der Waals surface area contributed by atoms with Crippen LogP contribution in [0.3, 0.4) is 0 Å². The number of thiol groups is 1. The van der Waals surface area contributed by atoms with Gasteiger partial charge in [-0.15, -0.1) is 12.6 Å². The summed E-state index contributed by atoms with van der Waals surface area (Å²) < 4.78 is 0.720. The van der Waals surface area contributed by atoms with E-state index in [-0.39, 0.29) is 0 Å². The second-order valence-corrected chi connectivity index (χ2v) is 2.37. The van der Waals surface area contributed by atoms with Gasteiger partial charge in [-0.1, -0.05) is 26.1 Å². The van der Waals surface area contributed by atoms with Crippen molar-refractivity contribution in [1.29, 1.82) is 0 Å². The van der Waals surface area contributed by atoms with Crippen molar-refractivity contribution in [1.82, 2.24) is 4.98 Å². The van der Waals surface area contributed by atoms with Crippen LogP contribution in [-0.2, 0) is 0 Å². The van der Waals surface area contributed by atoms with Crippen molar-refractivity contribution in [3.63, 3.8) is 0 Å². The first kappa shape index (κ1) is 9.72. The van der Waals surface area contributed by atoms with E-state index in [1.165, 1.54) is 0 Å². The summed E-state index contributed by atoms with van der Waals surface area (Å²) in [6.07, 6.45) is 1.77. The largest absolute Gasteiger partial charge is 0.353 e. The molecule has 0 atom stereocenters. The fourth-order valence-electron chi connectivity index (χ4n) is 0.433. The van der Waals surface area contributed by atoms with Crippen molar-refractivity contribution >= 4 is 24.8 Å². The fraction of sp³-hybridized carbons (Fsp3) is 0.286. The van der Waals surface area contributed by atoms with Gasteiger partial charge in [0.2, 0.25) is 0 Å². The average Bonchev–Trinajstić information content (AvgIpc) is 1.91. The molecule has 0 aliphatic rings. The molecule has 0 bridgehead atoms. The minimum absolute atomic E-state index is 0.720. The molecule has 0 saturated carbocycles. The van der Waals surface area contributed by atoms with Gasteiger partial charge in [0, 0.05) is 11.1 Å².